The van der Waals surface area contributed by atoms with Gasteiger partial charge in [-0.15, -0.1) is 0 Å². The zero-order chi connectivity index (χ0) is 12.8. The van der Waals surface area contributed by atoms with Crippen molar-refractivity contribution in [2.45, 2.75) is 26.7 Å². The number of aryl methyl sites for hydroxylation is 2. The fourth-order valence-electron chi connectivity index (χ4n) is 1.84. The van der Waals surface area contributed by atoms with Gasteiger partial charge in [0.25, 0.3) is 0 Å². The summed E-state index contributed by atoms with van der Waals surface area (Å²) in [5.41, 5.74) is 3.07. The van der Waals surface area contributed by atoms with Crippen molar-refractivity contribution in [3.8, 4) is 0 Å². The van der Waals surface area contributed by atoms with Gasteiger partial charge < -0.3 is 0 Å². The zero-order valence-corrected chi connectivity index (χ0v) is 14.3. The molecule has 0 radical (unpaired) electrons. The van der Waals surface area contributed by atoms with Crippen molar-refractivity contribution < 1.29 is 0 Å². The quantitative estimate of drug-likeness (QED) is 0.710. The molecule has 0 saturated heterocycles. The van der Waals surface area contributed by atoms with Gasteiger partial charge in [0.2, 0.25) is 0 Å². The van der Waals surface area contributed by atoms with E-state index in [1.165, 1.54) is 11.1 Å². The summed E-state index contributed by atoms with van der Waals surface area (Å²) in [6.45, 7) is 4.50. The van der Waals surface area contributed by atoms with Crippen LogP contribution in [0.25, 0.3) is 0 Å². The van der Waals surface area contributed by atoms with E-state index >= 15 is 0 Å². The Hall–Kier alpha value is -0.521. The van der Waals surface area contributed by atoms with Gasteiger partial charge in [-0.2, -0.15) is 0 Å². The Morgan fingerprint density at radius 1 is 0.667 bits per heavy atom. The van der Waals surface area contributed by atoms with Gasteiger partial charge in [0, 0.05) is 0 Å². The molecule has 0 heterocycles. The van der Waals surface area contributed by atoms with Gasteiger partial charge in [-0.05, 0) is 0 Å². The molecule has 18 heavy (non-hydrogen) atoms. The van der Waals surface area contributed by atoms with E-state index in [-0.39, 0.29) is 0 Å². The third kappa shape index (κ3) is 3.49. The van der Waals surface area contributed by atoms with Crippen LogP contribution >= 0.6 is 0 Å². The monoisotopic (exact) mass is 370 g/mol. The minimum atomic E-state index is 0.616. The molecule has 94 valence electrons. The Morgan fingerprint density at radius 3 is 1.44 bits per heavy atom. The van der Waals surface area contributed by atoms with E-state index < -0.39 is 0 Å². The molecule has 0 aliphatic heterocycles. The van der Waals surface area contributed by atoms with E-state index in [1.54, 1.807) is 8.92 Å². The summed E-state index contributed by atoms with van der Waals surface area (Å²) in [4.78, 5) is 0. The molecule has 2 heteroatoms. The molecule has 0 amide bonds. The average Bonchev–Trinajstić information content (AvgIpc) is 2.45. The predicted octanol–water partition coefficient (Wildman–Crippen LogP) is 2.09. The van der Waals surface area contributed by atoms with Gasteiger partial charge in [0.05, 0.1) is 0 Å². The molecular formula is C16H18Se2. The summed E-state index contributed by atoms with van der Waals surface area (Å²) in [5, 5.41) is 0. The number of benzene rings is 2. The number of hydrogen-bond acceptors (Lipinski definition) is 0. The van der Waals surface area contributed by atoms with E-state index in [2.05, 4.69) is 62.4 Å². The van der Waals surface area contributed by atoms with Crippen molar-refractivity contribution in [2.24, 2.45) is 0 Å². The van der Waals surface area contributed by atoms with E-state index in [0.29, 0.717) is 26.3 Å². The Balaban J connectivity index is 2.11. The van der Waals surface area contributed by atoms with Crippen molar-refractivity contribution in [3.63, 3.8) is 0 Å². The molecule has 0 fully saturated rings. The van der Waals surface area contributed by atoms with Crippen LogP contribution in [0, 0.1) is 0 Å². The van der Waals surface area contributed by atoms with Crippen LogP contribution in [-0.2, 0) is 12.8 Å². The van der Waals surface area contributed by atoms with E-state index in [1.807, 2.05) is 0 Å². The van der Waals surface area contributed by atoms with E-state index in [0.717, 1.165) is 12.8 Å². The first-order valence-corrected chi connectivity index (χ1v) is 12.4. The average molecular weight is 368 g/mol. The molecule has 0 aromatic heterocycles. The second kappa shape index (κ2) is 7.16. The van der Waals surface area contributed by atoms with Crippen LogP contribution in [0.4, 0.5) is 0 Å². The molecule has 2 aromatic rings. The minimum absolute atomic E-state index is 0.616. The molecule has 0 saturated carbocycles. The Morgan fingerprint density at radius 2 is 1.06 bits per heavy atom. The van der Waals surface area contributed by atoms with Crippen molar-refractivity contribution in [1.82, 2.24) is 0 Å². The molecule has 0 aliphatic carbocycles. The van der Waals surface area contributed by atoms with Gasteiger partial charge in [-0.25, -0.2) is 0 Å². The molecule has 0 aliphatic rings. The first-order valence-electron chi connectivity index (χ1n) is 6.35. The Bertz CT molecular complexity index is 458. The van der Waals surface area contributed by atoms with Gasteiger partial charge in [0.1, 0.15) is 0 Å². The first kappa shape index (κ1) is 13.9. The first-order chi connectivity index (χ1) is 8.85. The molecule has 0 bridgehead atoms. The summed E-state index contributed by atoms with van der Waals surface area (Å²) >= 11 is 1.23. The second-order valence-electron chi connectivity index (χ2n) is 4.09. The summed E-state index contributed by atoms with van der Waals surface area (Å²) in [7, 11) is 0. The normalized spacial score (nSPS) is 10.6. The third-order valence-electron chi connectivity index (χ3n) is 2.93. The molecule has 2 rings (SSSR count). The number of rotatable bonds is 5. The van der Waals surface area contributed by atoms with E-state index in [9.17, 15) is 0 Å². The topological polar surface area (TPSA) is 0 Å². The SMILES string of the molecule is CCc1ccccc1[Se][Se]c1ccccc1CC. The van der Waals surface area contributed by atoms with Crippen LogP contribution < -0.4 is 8.92 Å². The molecule has 2 aromatic carbocycles. The van der Waals surface area contributed by atoms with Crippen LogP contribution in [0.2, 0.25) is 0 Å². The predicted molar refractivity (Wildman–Crippen MR) is 82.4 cm³/mol. The summed E-state index contributed by atoms with van der Waals surface area (Å²) < 4.78 is 3.19. The van der Waals surface area contributed by atoms with Crippen molar-refractivity contribution in [2.75, 3.05) is 0 Å². The Kier molecular flexibility index (Phi) is 5.53. The van der Waals surface area contributed by atoms with Crippen molar-refractivity contribution >= 4 is 35.2 Å². The van der Waals surface area contributed by atoms with Crippen molar-refractivity contribution in [3.05, 3.63) is 59.7 Å². The summed E-state index contributed by atoms with van der Waals surface area (Å²) in [5.74, 6) is 0. The van der Waals surface area contributed by atoms with Crippen LogP contribution in [-0.4, -0.2) is 26.3 Å². The van der Waals surface area contributed by atoms with E-state index in [4.69, 9.17) is 0 Å². The third-order valence-corrected chi connectivity index (χ3v) is 10.4. The molecule has 0 N–H and O–H groups in total. The summed E-state index contributed by atoms with van der Waals surface area (Å²) in [6, 6.07) is 17.9. The standard InChI is InChI=1S/C16H18Se2/c1-3-13-9-5-7-11-15(13)17-18-16-12-8-6-10-14(16)4-2/h5-12H,3-4H2,1-2H3. The van der Waals surface area contributed by atoms with Crippen molar-refractivity contribution in [1.29, 1.82) is 0 Å². The Labute approximate surface area is 121 Å². The fourth-order valence-corrected chi connectivity index (χ4v) is 9.63. The van der Waals surface area contributed by atoms with Gasteiger partial charge >= 0.3 is 122 Å². The maximum absolute atomic E-state index is 2.31. The second-order valence-corrected chi connectivity index (χ2v) is 10.3. The molecule has 0 spiro atoms. The molecule has 0 unspecified atom stereocenters. The van der Waals surface area contributed by atoms with Crippen LogP contribution in [0.3, 0.4) is 0 Å². The van der Waals surface area contributed by atoms with Crippen LogP contribution in [0.1, 0.15) is 25.0 Å². The number of hydrogen-bond donors (Lipinski definition) is 0. The zero-order valence-electron chi connectivity index (χ0n) is 10.8. The van der Waals surface area contributed by atoms with Gasteiger partial charge in [0.15, 0.2) is 0 Å². The summed E-state index contributed by atoms with van der Waals surface area (Å²) in [6.07, 6.45) is 2.31. The van der Waals surface area contributed by atoms with Crippen LogP contribution in [0.15, 0.2) is 48.5 Å². The maximum atomic E-state index is 2.31. The fraction of sp³-hybridized carbons (Fsp3) is 0.250. The van der Waals surface area contributed by atoms with Gasteiger partial charge in [-0.1, -0.05) is 0 Å². The van der Waals surface area contributed by atoms with Gasteiger partial charge in [-0.3, -0.25) is 0 Å². The molecule has 0 atom stereocenters. The van der Waals surface area contributed by atoms with Crippen LogP contribution in [0.5, 0.6) is 0 Å². The molecular weight excluding hydrogens is 350 g/mol. The molecule has 0 nitrogen and oxygen atoms in total.